The first-order valence-electron chi connectivity index (χ1n) is 5.05. The second kappa shape index (κ2) is 3.08. The van der Waals surface area contributed by atoms with Gasteiger partial charge in [-0.25, -0.2) is 0 Å². The molecular formula is C10H17NO. The molecule has 12 heavy (non-hydrogen) atoms. The number of amides is 1. The van der Waals surface area contributed by atoms with E-state index in [0.717, 1.165) is 18.9 Å². The molecule has 0 saturated heterocycles. The van der Waals surface area contributed by atoms with Gasteiger partial charge in [-0.15, -0.1) is 0 Å². The molecule has 1 amide bonds. The average Bonchev–Trinajstić information content (AvgIpc) is 2.63. The summed E-state index contributed by atoms with van der Waals surface area (Å²) in [5.41, 5.74) is 0. The van der Waals surface area contributed by atoms with Gasteiger partial charge in [0.1, 0.15) is 0 Å². The monoisotopic (exact) mass is 167 g/mol. The van der Waals surface area contributed by atoms with Gasteiger partial charge in [0.15, 0.2) is 0 Å². The Morgan fingerprint density at radius 3 is 2.58 bits per heavy atom. The smallest absolute Gasteiger partial charge is 0.223 e. The molecule has 0 aliphatic heterocycles. The van der Waals surface area contributed by atoms with Crippen LogP contribution in [0.4, 0.5) is 0 Å². The summed E-state index contributed by atoms with van der Waals surface area (Å²) in [7, 11) is 0. The van der Waals surface area contributed by atoms with E-state index in [1.54, 1.807) is 0 Å². The average molecular weight is 167 g/mol. The lowest BCUT2D eigenvalue weighted by molar-refractivity contribution is -0.122. The largest absolute Gasteiger partial charge is 0.356 e. The van der Waals surface area contributed by atoms with Gasteiger partial charge >= 0.3 is 0 Å². The van der Waals surface area contributed by atoms with E-state index in [1.807, 2.05) is 0 Å². The van der Waals surface area contributed by atoms with Crippen molar-refractivity contribution >= 4 is 5.91 Å². The molecule has 0 aromatic carbocycles. The summed E-state index contributed by atoms with van der Waals surface area (Å²) in [5.74, 6) is 2.09. The molecule has 1 N–H and O–H groups in total. The SMILES string of the molecule is CC1CC1C(=O)NCC1CCC1. The van der Waals surface area contributed by atoms with E-state index < -0.39 is 0 Å². The molecule has 68 valence electrons. The topological polar surface area (TPSA) is 29.1 Å². The Morgan fingerprint density at radius 2 is 2.17 bits per heavy atom. The number of carbonyl (C=O) groups excluding carboxylic acids is 1. The van der Waals surface area contributed by atoms with E-state index >= 15 is 0 Å². The summed E-state index contributed by atoms with van der Waals surface area (Å²) in [6.07, 6.45) is 5.11. The maximum absolute atomic E-state index is 11.3. The minimum Gasteiger partial charge on any atom is -0.356 e. The molecule has 2 unspecified atom stereocenters. The third-order valence-electron chi connectivity index (χ3n) is 3.24. The molecule has 2 fully saturated rings. The molecule has 0 radical (unpaired) electrons. The van der Waals surface area contributed by atoms with Crippen LogP contribution >= 0.6 is 0 Å². The van der Waals surface area contributed by atoms with Crippen LogP contribution < -0.4 is 5.32 Å². The highest BCUT2D eigenvalue weighted by Gasteiger charge is 2.39. The fourth-order valence-electron chi connectivity index (χ4n) is 1.76. The van der Waals surface area contributed by atoms with Gasteiger partial charge in [0.05, 0.1) is 0 Å². The number of nitrogens with one attached hydrogen (secondary N) is 1. The summed E-state index contributed by atoms with van der Waals surface area (Å²) in [4.78, 5) is 11.3. The summed E-state index contributed by atoms with van der Waals surface area (Å²) >= 11 is 0. The Bertz CT molecular complexity index is 186. The first-order valence-corrected chi connectivity index (χ1v) is 5.05. The van der Waals surface area contributed by atoms with Crippen LogP contribution in [0.15, 0.2) is 0 Å². The summed E-state index contributed by atoms with van der Waals surface area (Å²) in [6.45, 7) is 3.08. The lowest BCUT2D eigenvalue weighted by Gasteiger charge is -2.25. The lowest BCUT2D eigenvalue weighted by atomic mass is 9.85. The van der Waals surface area contributed by atoms with E-state index in [9.17, 15) is 4.79 Å². The quantitative estimate of drug-likeness (QED) is 0.679. The van der Waals surface area contributed by atoms with Crippen LogP contribution in [-0.4, -0.2) is 12.5 Å². The van der Waals surface area contributed by atoms with Crippen molar-refractivity contribution in [1.82, 2.24) is 5.32 Å². The van der Waals surface area contributed by atoms with Gasteiger partial charge in [-0.05, 0) is 31.1 Å². The van der Waals surface area contributed by atoms with Crippen LogP contribution in [-0.2, 0) is 4.79 Å². The van der Waals surface area contributed by atoms with Gasteiger partial charge in [-0.3, -0.25) is 4.79 Å². The minimum atomic E-state index is 0.300. The Morgan fingerprint density at radius 1 is 1.50 bits per heavy atom. The van der Waals surface area contributed by atoms with Crippen LogP contribution in [0.1, 0.15) is 32.6 Å². The fraction of sp³-hybridized carbons (Fsp3) is 0.900. The highest BCUT2D eigenvalue weighted by Crippen LogP contribution is 2.37. The molecule has 2 rings (SSSR count). The van der Waals surface area contributed by atoms with Crippen LogP contribution in [0.3, 0.4) is 0 Å². The second-order valence-electron chi connectivity index (χ2n) is 4.36. The molecule has 2 aliphatic carbocycles. The van der Waals surface area contributed by atoms with E-state index in [2.05, 4.69) is 12.2 Å². The van der Waals surface area contributed by atoms with Crippen molar-refractivity contribution in [2.24, 2.45) is 17.8 Å². The zero-order valence-corrected chi connectivity index (χ0v) is 7.68. The molecule has 0 aromatic heterocycles. The minimum absolute atomic E-state index is 0.300. The predicted molar refractivity (Wildman–Crippen MR) is 47.6 cm³/mol. The molecule has 2 nitrogen and oxygen atoms in total. The van der Waals surface area contributed by atoms with Crippen LogP contribution in [0.25, 0.3) is 0 Å². The Kier molecular flexibility index (Phi) is 2.07. The van der Waals surface area contributed by atoms with Crippen molar-refractivity contribution in [3.8, 4) is 0 Å². The Balaban J connectivity index is 1.62. The molecule has 2 saturated carbocycles. The van der Waals surface area contributed by atoms with E-state index in [1.165, 1.54) is 19.3 Å². The predicted octanol–water partition coefficient (Wildman–Crippen LogP) is 1.56. The second-order valence-corrected chi connectivity index (χ2v) is 4.36. The molecule has 0 bridgehead atoms. The maximum atomic E-state index is 11.3. The third-order valence-corrected chi connectivity index (χ3v) is 3.24. The summed E-state index contributed by atoms with van der Waals surface area (Å²) in [5, 5.41) is 3.04. The standard InChI is InChI=1S/C10H17NO/c1-7-5-9(7)10(12)11-6-8-3-2-4-8/h7-9H,2-6H2,1H3,(H,11,12). The first-order chi connectivity index (χ1) is 5.77. The van der Waals surface area contributed by atoms with Crippen molar-refractivity contribution in [3.05, 3.63) is 0 Å². The van der Waals surface area contributed by atoms with Crippen LogP contribution in [0.2, 0.25) is 0 Å². The normalized spacial score (nSPS) is 34.1. The third kappa shape index (κ3) is 1.62. The van der Waals surface area contributed by atoms with Crippen molar-refractivity contribution in [2.45, 2.75) is 32.6 Å². The Labute approximate surface area is 73.7 Å². The summed E-state index contributed by atoms with van der Waals surface area (Å²) < 4.78 is 0. The molecule has 0 heterocycles. The molecule has 2 atom stereocenters. The van der Waals surface area contributed by atoms with Gasteiger partial charge in [0, 0.05) is 12.5 Å². The van der Waals surface area contributed by atoms with E-state index in [-0.39, 0.29) is 0 Å². The fourth-order valence-corrected chi connectivity index (χ4v) is 1.76. The first kappa shape index (κ1) is 8.09. The highest BCUT2D eigenvalue weighted by molar-refractivity contribution is 5.81. The van der Waals surface area contributed by atoms with Crippen molar-refractivity contribution < 1.29 is 4.79 Å². The van der Waals surface area contributed by atoms with Crippen LogP contribution in [0, 0.1) is 17.8 Å². The van der Waals surface area contributed by atoms with Gasteiger partial charge in [-0.2, -0.15) is 0 Å². The van der Waals surface area contributed by atoms with Gasteiger partial charge in [0.25, 0.3) is 0 Å². The highest BCUT2D eigenvalue weighted by atomic mass is 16.2. The van der Waals surface area contributed by atoms with Gasteiger partial charge < -0.3 is 5.32 Å². The zero-order valence-electron chi connectivity index (χ0n) is 7.68. The van der Waals surface area contributed by atoms with Gasteiger partial charge in [-0.1, -0.05) is 13.3 Å². The van der Waals surface area contributed by atoms with Gasteiger partial charge in [0.2, 0.25) is 5.91 Å². The summed E-state index contributed by atoms with van der Waals surface area (Å²) in [6, 6.07) is 0. The Hall–Kier alpha value is -0.530. The van der Waals surface area contributed by atoms with Crippen molar-refractivity contribution in [3.63, 3.8) is 0 Å². The number of rotatable bonds is 3. The van der Waals surface area contributed by atoms with E-state index in [0.29, 0.717) is 17.7 Å². The molecule has 0 spiro atoms. The molecule has 2 aliphatic rings. The molecular weight excluding hydrogens is 150 g/mol. The lowest BCUT2D eigenvalue weighted by Crippen LogP contribution is -2.33. The molecule has 2 heteroatoms. The van der Waals surface area contributed by atoms with E-state index in [4.69, 9.17) is 0 Å². The number of carbonyl (C=O) groups is 1. The zero-order chi connectivity index (χ0) is 8.55. The maximum Gasteiger partial charge on any atom is 0.223 e. The number of hydrogen-bond donors (Lipinski definition) is 1. The number of hydrogen-bond acceptors (Lipinski definition) is 1. The molecule has 0 aromatic rings. The van der Waals surface area contributed by atoms with Crippen molar-refractivity contribution in [1.29, 1.82) is 0 Å². The van der Waals surface area contributed by atoms with Crippen LogP contribution in [0.5, 0.6) is 0 Å². The van der Waals surface area contributed by atoms with Crippen molar-refractivity contribution in [2.75, 3.05) is 6.54 Å².